The van der Waals surface area contributed by atoms with Gasteiger partial charge in [0.15, 0.2) is 5.78 Å². The highest BCUT2D eigenvalue weighted by Gasteiger charge is 2.29. The highest BCUT2D eigenvalue weighted by molar-refractivity contribution is 6.07. The number of nitrogens with zero attached hydrogens (tertiary/aromatic N) is 2. The van der Waals surface area contributed by atoms with Gasteiger partial charge >= 0.3 is 5.97 Å². The van der Waals surface area contributed by atoms with Gasteiger partial charge < -0.3 is 14.6 Å². The maximum Gasteiger partial charge on any atom is 0.309 e. The van der Waals surface area contributed by atoms with E-state index in [-0.39, 0.29) is 40.9 Å². The summed E-state index contributed by atoms with van der Waals surface area (Å²) in [5.41, 5.74) is 1.88. The molecule has 1 amide bonds. The average Bonchev–Trinajstić information content (AvgIpc) is 2.86. The van der Waals surface area contributed by atoms with Crippen molar-refractivity contribution in [2.24, 2.45) is 5.92 Å². The Morgan fingerprint density at radius 1 is 1.03 bits per heavy atom. The lowest BCUT2D eigenvalue weighted by atomic mass is 9.96. The number of para-hydroxylation sites is 2. The van der Waals surface area contributed by atoms with Crippen molar-refractivity contribution in [3.63, 3.8) is 0 Å². The van der Waals surface area contributed by atoms with Gasteiger partial charge in [-0.2, -0.15) is 0 Å². The SMILES string of the molecule is CC(C)OC(=O)C1CCN(C(=O)c2ccc(C(=O)/C=C/c3nc4ccccc4[nH]c3=O)cc2)CC1. The van der Waals surface area contributed by atoms with Crippen LogP contribution in [-0.4, -0.2) is 51.7 Å². The Bertz CT molecular complexity index is 1330. The van der Waals surface area contributed by atoms with E-state index in [4.69, 9.17) is 4.74 Å². The van der Waals surface area contributed by atoms with Crippen molar-refractivity contribution in [3.05, 3.63) is 81.8 Å². The molecule has 0 spiro atoms. The number of H-pyrrole nitrogens is 1. The second-order valence-corrected chi connectivity index (χ2v) is 8.80. The van der Waals surface area contributed by atoms with Crippen molar-refractivity contribution in [2.75, 3.05) is 13.1 Å². The fourth-order valence-electron chi connectivity index (χ4n) is 4.01. The van der Waals surface area contributed by atoms with Crippen LogP contribution in [0.5, 0.6) is 0 Å². The number of hydrogen-bond donors (Lipinski definition) is 1. The van der Waals surface area contributed by atoms with Crippen LogP contribution in [0, 0.1) is 5.92 Å². The fourth-order valence-corrected chi connectivity index (χ4v) is 4.01. The second-order valence-electron chi connectivity index (χ2n) is 8.80. The number of aromatic amines is 1. The Morgan fingerprint density at radius 3 is 2.37 bits per heavy atom. The number of ketones is 1. The number of fused-ring (bicyclic) bond motifs is 1. The van der Waals surface area contributed by atoms with Crippen molar-refractivity contribution in [1.82, 2.24) is 14.9 Å². The van der Waals surface area contributed by atoms with Crippen LogP contribution in [0.4, 0.5) is 0 Å². The molecule has 35 heavy (non-hydrogen) atoms. The number of likely N-dealkylation sites (tertiary alicyclic amines) is 1. The number of aromatic nitrogens is 2. The lowest BCUT2D eigenvalue weighted by Crippen LogP contribution is -2.41. The molecule has 1 N–H and O–H groups in total. The largest absolute Gasteiger partial charge is 0.463 e. The van der Waals surface area contributed by atoms with Gasteiger partial charge in [0.05, 0.1) is 23.1 Å². The molecule has 0 bridgehead atoms. The molecule has 4 rings (SSSR count). The van der Waals surface area contributed by atoms with Crippen LogP contribution in [0.2, 0.25) is 0 Å². The quantitative estimate of drug-likeness (QED) is 0.333. The van der Waals surface area contributed by atoms with E-state index in [0.29, 0.717) is 48.1 Å². The summed E-state index contributed by atoms with van der Waals surface area (Å²) < 4.78 is 5.28. The van der Waals surface area contributed by atoms with Gasteiger partial charge in [-0.05, 0) is 63.1 Å². The van der Waals surface area contributed by atoms with Crippen LogP contribution in [0.1, 0.15) is 53.1 Å². The van der Waals surface area contributed by atoms with Crippen molar-refractivity contribution in [1.29, 1.82) is 0 Å². The number of allylic oxidation sites excluding steroid dienone is 1. The smallest absolute Gasteiger partial charge is 0.309 e. The minimum Gasteiger partial charge on any atom is -0.463 e. The number of amides is 1. The molecule has 1 saturated heterocycles. The molecule has 0 unspecified atom stereocenters. The molecule has 1 aliphatic heterocycles. The van der Waals surface area contributed by atoms with Gasteiger partial charge in [0.2, 0.25) is 0 Å². The molecule has 3 aromatic rings. The standard InChI is InChI=1S/C27H27N3O5/c1-17(2)35-27(34)20-13-15-30(16-14-20)26(33)19-9-7-18(8-10-19)24(31)12-11-23-25(32)29-22-6-4-3-5-21(22)28-23/h3-12,17,20H,13-16H2,1-2H3,(H,29,32)/b12-11+. The Morgan fingerprint density at radius 2 is 1.69 bits per heavy atom. The van der Waals surface area contributed by atoms with Gasteiger partial charge in [0, 0.05) is 24.2 Å². The first kappa shape index (κ1) is 24.1. The number of carbonyl (C=O) groups is 3. The van der Waals surface area contributed by atoms with Crippen LogP contribution >= 0.6 is 0 Å². The molecular weight excluding hydrogens is 446 g/mol. The van der Waals surface area contributed by atoms with Crippen LogP contribution in [-0.2, 0) is 9.53 Å². The van der Waals surface area contributed by atoms with Crippen molar-refractivity contribution in [3.8, 4) is 0 Å². The lowest BCUT2D eigenvalue weighted by molar-refractivity contribution is -0.153. The normalized spacial score (nSPS) is 14.5. The summed E-state index contributed by atoms with van der Waals surface area (Å²) in [5.74, 6) is -0.827. The van der Waals surface area contributed by atoms with Crippen LogP contribution in [0.25, 0.3) is 17.1 Å². The highest BCUT2D eigenvalue weighted by Crippen LogP contribution is 2.21. The first-order chi connectivity index (χ1) is 16.8. The summed E-state index contributed by atoms with van der Waals surface area (Å²) in [6.07, 6.45) is 3.68. The molecule has 0 saturated carbocycles. The number of esters is 1. The summed E-state index contributed by atoms with van der Waals surface area (Å²) in [5, 5.41) is 0. The van der Waals surface area contributed by atoms with E-state index in [1.807, 2.05) is 19.9 Å². The summed E-state index contributed by atoms with van der Waals surface area (Å²) in [6, 6.07) is 13.6. The Kier molecular flexibility index (Phi) is 7.19. The van der Waals surface area contributed by atoms with Gasteiger partial charge in [0.25, 0.3) is 11.5 Å². The van der Waals surface area contributed by atoms with Gasteiger partial charge in [-0.1, -0.05) is 24.3 Å². The lowest BCUT2D eigenvalue weighted by Gasteiger charge is -2.31. The number of ether oxygens (including phenoxy) is 1. The van der Waals surface area contributed by atoms with E-state index in [9.17, 15) is 19.2 Å². The summed E-state index contributed by atoms with van der Waals surface area (Å²) in [6.45, 7) is 4.60. The zero-order valence-corrected chi connectivity index (χ0v) is 19.7. The number of benzene rings is 2. The molecule has 8 nitrogen and oxygen atoms in total. The number of piperidine rings is 1. The molecule has 8 heteroatoms. The predicted octanol–water partition coefficient (Wildman–Crippen LogP) is 3.62. The number of carbonyl (C=O) groups excluding carboxylic acids is 3. The molecule has 1 fully saturated rings. The van der Waals surface area contributed by atoms with Crippen LogP contribution in [0.15, 0.2) is 59.4 Å². The third-order valence-corrected chi connectivity index (χ3v) is 5.90. The molecule has 0 radical (unpaired) electrons. The van der Waals surface area contributed by atoms with Crippen molar-refractivity contribution in [2.45, 2.75) is 32.8 Å². The summed E-state index contributed by atoms with van der Waals surface area (Å²) in [4.78, 5) is 58.5. The average molecular weight is 474 g/mol. The first-order valence-corrected chi connectivity index (χ1v) is 11.6. The zero-order valence-electron chi connectivity index (χ0n) is 19.7. The molecule has 2 heterocycles. The third kappa shape index (κ3) is 5.71. The maximum absolute atomic E-state index is 12.9. The number of nitrogens with one attached hydrogen (secondary N) is 1. The van der Waals surface area contributed by atoms with E-state index < -0.39 is 0 Å². The Hall–Kier alpha value is -4.07. The predicted molar refractivity (Wildman–Crippen MR) is 132 cm³/mol. The van der Waals surface area contributed by atoms with E-state index in [2.05, 4.69) is 9.97 Å². The minimum atomic E-state index is -0.380. The van der Waals surface area contributed by atoms with Crippen molar-refractivity contribution < 1.29 is 19.1 Å². The minimum absolute atomic E-state index is 0.137. The second kappa shape index (κ2) is 10.5. The highest BCUT2D eigenvalue weighted by atomic mass is 16.5. The van der Waals surface area contributed by atoms with Gasteiger partial charge in [0.1, 0.15) is 5.69 Å². The molecule has 180 valence electrons. The first-order valence-electron chi connectivity index (χ1n) is 11.6. The van der Waals surface area contributed by atoms with Crippen molar-refractivity contribution >= 4 is 34.8 Å². The van der Waals surface area contributed by atoms with Gasteiger partial charge in [-0.25, -0.2) is 4.98 Å². The number of rotatable bonds is 6. The third-order valence-electron chi connectivity index (χ3n) is 5.90. The van der Waals surface area contributed by atoms with Gasteiger partial charge in [-0.15, -0.1) is 0 Å². The Labute approximate surface area is 202 Å². The van der Waals surface area contributed by atoms with E-state index >= 15 is 0 Å². The maximum atomic E-state index is 12.9. The van der Waals surface area contributed by atoms with Crippen LogP contribution in [0.3, 0.4) is 0 Å². The molecule has 1 aliphatic rings. The monoisotopic (exact) mass is 473 g/mol. The Balaban J connectivity index is 1.38. The van der Waals surface area contributed by atoms with Gasteiger partial charge in [-0.3, -0.25) is 19.2 Å². The molecule has 0 atom stereocenters. The summed E-state index contributed by atoms with van der Waals surface area (Å²) >= 11 is 0. The van der Waals surface area contributed by atoms with E-state index in [0.717, 1.165) is 0 Å². The molecule has 2 aromatic carbocycles. The zero-order chi connectivity index (χ0) is 24.9. The molecule has 1 aromatic heterocycles. The van der Waals surface area contributed by atoms with E-state index in [1.54, 1.807) is 47.4 Å². The summed E-state index contributed by atoms with van der Waals surface area (Å²) in [7, 11) is 0. The number of hydrogen-bond acceptors (Lipinski definition) is 6. The topological polar surface area (TPSA) is 109 Å². The van der Waals surface area contributed by atoms with E-state index in [1.165, 1.54) is 12.2 Å². The molecular formula is C27H27N3O5. The van der Waals surface area contributed by atoms with Crippen LogP contribution < -0.4 is 5.56 Å². The fraction of sp³-hybridized carbons (Fsp3) is 0.296. The molecule has 0 aliphatic carbocycles.